The first kappa shape index (κ1) is 20.9. The predicted octanol–water partition coefficient (Wildman–Crippen LogP) is 4.88. The highest BCUT2D eigenvalue weighted by Crippen LogP contribution is 2.23. The molecule has 0 fully saturated rings. The molecule has 2 aromatic heterocycles. The molecule has 0 aliphatic carbocycles. The number of anilines is 1. The maximum absolute atomic E-state index is 12.7. The lowest BCUT2D eigenvalue weighted by atomic mass is 10.1. The third kappa shape index (κ3) is 4.70. The Kier molecular flexibility index (Phi) is 5.91. The summed E-state index contributed by atoms with van der Waals surface area (Å²) in [6, 6.07) is 17.7. The maximum atomic E-state index is 12.7. The number of amides is 1. The Morgan fingerprint density at radius 1 is 1.03 bits per heavy atom. The summed E-state index contributed by atoms with van der Waals surface area (Å²) < 4.78 is 3.64. The monoisotopic (exact) mass is 433 g/mol. The molecule has 2 heterocycles. The summed E-state index contributed by atoms with van der Waals surface area (Å²) in [4.78, 5) is 12.7. The van der Waals surface area contributed by atoms with Gasteiger partial charge >= 0.3 is 0 Å². The van der Waals surface area contributed by atoms with Gasteiger partial charge in [0.15, 0.2) is 5.82 Å². The van der Waals surface area contributed by atoms with Gasteiger partial charge in [0.2, 0.25) is 5.91 Å². The summed E-state index contributed by atoms with van der Waals surface area (Å²) in [5.41, 5.74) is 5.68. The molecule has 6 nitrogen and oxygen atoms in total. The van der Waals surface area contributed by atoms with Gasteiger partial charge < -0.3 is 5.32 Å². The molecule has 1 amide bonds. The molecule has 0 saturated heterocycles. The summed E-state index contributed by atoms with van der Waals surface area (Å²) >= 11 is 6.28. The normalized spacial score (nSPS) is 11.0. The molecule has 1 N–H and O–H groups in total. The van der Waals surface area contributed by atoms with E-state index in [-0.39, 0.29) is 12.3 Å². The van der Waals surface area contributed by atoms with E-state index < -0.39 is 0 Å². The summed E-state index contributed by atoms with van der Waals surface area (Å²) in [5, 5.41) is 12.7. The van der Waals surface area contributed by atoms with E-state index in [0.717, 1.165) is 33.8 Å². The number of aromatic nitrogens is 4. The highest BCUT2D eigenvalue weighted by molar-refractivity contribution is 6.31. The van der Waals surface area contributed by atoms with Crippen molar-refractivity contribution in [1.82, 2.24) is 19.6 Å². The summed E-state index contributed by atoms with van der Waals surface area (Å²) in [6.07, 6.45) is 2.08. The number of halogens is 1. The van der Waals surface area contributed by atoms with E-state index in [0.29, 0.717) is 17.4 Å². The summed E-state index contributed by atoms with van der Waals surface area (Å²) in [7, 11) is 0. The number of aryl methyl sites for hydroxylation is 2. The van der Waals surface area contributed by atoms with E-state index in [1.54, 1.807) is 10.7 Å². The van der Waals surface area contributed by atoms with E-state index in [1.807, 2.05) is 80.2 Å². The maximum Gasteiger partial charge on any atom is 0.230 e. The molecule has 0 saturated carbocycles. The molecular formula is C24H24ClN5O. The lowest BCUT2D eigenvalue weighted by Crippen LogP contribution is -2.16. The highest BCUT2D eigenvalue weighted by atomic mass is 35.5. The van der Waals surface area contributed by atoms with Crippen LogP contribution in [0.1, 0.15) is 28.1 Å². The first-order chi connectivity index (χ1) is 14.9. The van der Waals surface area contributed by atoms with Gasteiger partial charge in [0, 0.05) is 28.5 Å². The second-order valence-corrected chi connectivity index (χ2v) is 8.01. The van der Waals surface area contributed by atoms with E-state index in [1.165, 1.54) is 0 Å². The van der Waals surface area contributed by atoms with Crippen molar-refractivity contribution in [2.24, 2.45) is 0 Å². The van der Waals surface area contributed by atoms with Crippen LogP contribution in [0, 0.1) is 20.8 Å². The first-order valence-corrected chi connectivity index (χ1v) is 10.5. The Labute approximate surface area is 186 Å². The number of benzene rings is 2. The number of hydrogen-bond donors (Lipinski definition) is 1. The van der Waals surface area contributed by atoms with Crippen LogP contribution in [-0.4, -0.2) is 25.5 Å². The van der Waals surface area contributed by atoms with Crippen molar-refractivity contribution < 1.29 is 4.79 Å². The molecule has 4 rings (SSSR count). The molecule has 0 aliphatic heterocycles. The van der Waals surface area contributed by atoms with Gasteiger partial charge in [-0.25, -0.2) is 4.68 Å². The van der Waals surface area contributed by atoms with Gasteiger partial charge in [-0.3, -0.25) is 9.48 Å². The topological polar surface area (TPSA) is 64.7 Å². The Bertz CT molecular complexity index is 1230. The smallest absolute Gasteiger partial charge is 0.230 e. The van der Waals surface area contributed by atoms with Crippen molar-refractivity contribution in [2.75, 3.05) is 5.32 Å². The van der Waals surface area contributed by atoms with E-state index >= 15 is 0 Å². The zero-order valence-corrected chi connectivity index (χ0v) is 18.5. The molecular weight excluding hydrogens is 410 g/mol. The second kappa shape index (κ2) is 8.78. The fourth-order valence-electron chi connectivity index (χ4n) is 3.53. The van der Waals surface area contributed by atoms with Crippen molar-refractivity contribution in [3.8, 4) is 5.69 Å². The van der Waals surface area contributed by atoms with Gasteiger partial charge in [0.25, 0.3) is 0 Å². The van der Waals surface area contributed by atoms with Gasteiger partial charge in [0.1, 0.15) is 0 Å². The molecule has 0 aliphatic rings. The van der Waals surface area contributed by atoms with E-state index in [4.69, 9.17) is 11.6 Å². The number of nitrogens with zero attached hydrogens (tertiary/aromatic N) is 4. The van der Waals surface area contributed by atoms with Gasteiger partial charge in [-0.2, -0.15) is 10.2 Å². The highest BCUT2D eigenvalue weighted by Gasteiger charge is 2.17. The number of carbonyl (C=O) groups is 1. The second-order valence-electron chi connectivity index (χ2n) is 7.60. The predicted molar refractivity (Wildman–Crippen MR) is 123 cm³/mol. The average Bonchev–Trinajstić information content (AvgIpc) is 3.29. The Morgan fingerprint density at radius 3 is 2.55 bits per heavy atom. The van der Waals surface area contributed by atoms with Gasteiger partial charge in [-0.1, -0.05) is 48.0 Å². The number of carbonyl (C=O) groups excluding carboxylic acids is 1. The van der Waals surface area contributed by atoms with Crippen molar-refractivity contribution in [3.05, 3.63) is 93.9 Å². The van der Waals surface area contributed by atoms with Gasteiger partial charge in [-0.05, 0) is 44.0 Å². The van der Waals surface area contributed by atoms with Crippen LogP contribution in [0.15, 0.2) is 60.8 Å². The largest absolute Gasteiger partial charge is 0.309 e. The Morgan fingerprint density at radius 2 is 1.81 bits per heavy atom. The van der Waals surface area contributed by atoms with Crippen LogP contribution in [0.25, 0.3) is 5.69 Å². The molecule has 0 atom stereocenters. The van der Waals surface area contributed by atoms with Crippen LogP contribution < -0.4 is 5.32 Å². The third-order valence-corrected chi connectivity index (χ3v) is 5.68. The van der Waals surface area contributed by atoms with Gasteiger partial charge in [0.05, 0.1) is 24.3 Å². The summed E-state index contributed by atoms with van der Waals surface area (Å²) in [6.45, 7) is 6.49. The van der Waals surface area contributed by atoms with Crippen molar-refractivity contribution in [2.45, 2.75) is 33.7 Å². The van der Waals surface area contributed by atoms with E-state index in [2.05, 4.69) is 15.5 Å². The van der Waals surface area contributed by atoms with Crippen LogP contribution in [0.3, 0.4) is 0 Å². The molecule has 4 aromatic rings. The molecule has 31 heavy (non-hydrogen) atoms. The van der Waals surface area contributed by atoms with Crippen molar-refractivity contribution in [1.29, 1.82) is 0 Å². The van der Waals surface area contributed by atoms with Crippen molar-refractivity contribution >= 4 is 23.3 Å². The molecule has 0 unspecified atom stereocenters. The van der Waals surface area contributed by atoms with Gasteiger partial charge in [-0.15, -0.1) is 0 Å². The molecule has 7 heteroatoms. The quantitative estimate of drug-likeness (QED) is 0.471. The lowest BCUT2D eigenvalue weighted by Gasteiger charge is -2.07. The molecule has 2 aromatic carbocycles. The zero-order chi connectivity index (χ0) is 22.0. The fraction of sp³-hybridized carbons (Fsp3) is 0.208. The standard InChI is InChI=1S/C24H24ClN5O/c1-16-9-10-20(13-22(16)25)30-18(3)21(17(2)27-30)14-24(31)26-23-11-12-29(28-23)15-19-7-5-4-6-8-19/h4-13H,14-15H2,1-3H3,(H,26,28,31). The number of nitrogens with one attached hydrogen (secondary N) is 1. The lowest BCUT2D eigenvalue weighted by molar-refractivity contribution is -0.115. The minimum atomic E-state index is -0.127. The molecule has 158 valence electrons. The van der Waals surface area contributed by atoms with Crippen LogP contribution in [0.2, 0.25) is 5.02 Å². The SMILES string of the molecule is Cc1ccc(-n2nc(C)c(CC(=O)Nc3ccn(Cc4ccccc4)n3)c2C)cc1Cl. The van der Waals surface area contributed by atoms with Crippen LogP contribution in [-0.2, 0) is 17.8 Å². The van der Waals surface area contributed by atoms with Crippen LogP contribution in [0.5, 0.6) is 0 Å². The minimum Gasteiger partial charge on any atom is -0.309 e. The number of hydrogen-bond acceptors (Lipinski definition) is 3. The molecule has 0 radical (unpaired) electrons. The van der Waals surface area contributed by atoms with Crippen molar-refractivity contribution in [3.63, 3.8) is 0 Å². The Balaban J connectivity index is 1.45. The number of rotatable bonds is 6. The third-order valence-electron chi connectivity index (χ3n) is 5.27. The van der Waals surface area contributed by atoms with Crippen LogP contribution >= 0.6 is 11.6 Å². The summed E-state index contributed by atoms with van der Waals surface area (Å²) in [5.74, 6) is 0.409. The fourth-order valence-corrected chi connectivity index (χ4v) is 3.70. The molecule has 0 spiro atoms. The molecule has 0 bridgehead atoms. The zero-order valence-electron chi connectivity index (χ0n) is 17.8. The van der Waals surface area contributed by atoms with E-state index in [9.17, 15) is 4.79 Å². The minimum absolute atomic E-state index is 0.127. The Hall–Kier alpha value is -3.38. The van der Waals surface area contributed by atoms with Crippen LogP contribution in [0.4, 0.5) is 5.82 Å². The first-order valence-electron chi connectivity index (χ1n) is 10.1. The average molecular weight is 434 g/mol.